The van der Waals surface area contributed by atoms with Gasteiger partial charge in [0.1, 0.15) is 5.01 Å². The summed E-state index contributed by atoms with van der Waals surface area (Å²) >= 11 is 1.33. The molecule has 0 aliphatic carbocycles. The fourth-order valence-corrected chi connectivity index (χ4v) is 3.38. The first-order valence-electron chi connectivity index (χ1n) is 8.42. The highest BCUT2D eigenvalue weighted by molar-refractivity contribution is 7.18. The van der Waals surface area contributed by atoms with Gasteiger partial charge in [0.05, 0.1) is 0 Å². The molecule has 0 aliphatic heterocycles. The van der Waals surface area contributed by atoms with Crippen LogP contribution < -0.4 is 10.6 Å². The maximum absolute atomic E-state index is 12.2. The van der Waals surface area contributed by atoms with Crippen LogP contribution in [0.15, 0.2) is 42.7 Å². The van der Waals surface area contributed by atoms with Gasteiger partial charge in [-0.25, -0.2) is 4.79 Å². The lowest BCUT2D eigenvalue weighted by Gasteiger charge is -2.08. The second-order valence-electron chi connectivity index (χ2n) is 6.48. The van der Waals surface area contributed by atoms with Crippen molar-refractivity contribution < 1.29 is 4.79 Å². The molecule has 2 amide bonds. The number of hydrogen-bond acceptors (Lipinski definition) is 5. The average molecular weight is 367 g/mol. The molecule has 0 spiro atoms. The molecule has 0 aliphatic rings. The van der Waals surface area contributed by atoms with Gasteiger partial charge in [-0.05, 0) is 48.6 Å². The fraction of sp³-hybridized carbons (Fsp3) is 0.263. The van der Waals surface area contributed by atoms with E-state index in [-0.39, 0.29) is 6.03 Å². The van der Waals surface area contributed by atoms with Crippen molar-refractivity contribution in [3.63, 3.8) is 0 Å². The van der Waals surface area contributed by atoms with E-state index in [1.54, 1.807) is 12.4 Å². The summed E-state index contributed by atoms with van der Waals surface area (Å²) < 4.78 is 0. The average Bonchev–Trinajstić information content (AvgIpc) is 3.04. The van der Waals surface area contributed by atoms with E-state index in [9.17, 15) is 4.79 Å². The standard InChI is InChI=1S/C19H21N5OS/c1-12(2)10-14-4-6-15(7-5-14)21-18(25)22-19-24-23-17(26-19)16-8-9-20-11-13(16)3/h4-9,11-12H,10H2,1-3H3,(H2,21,22,24,25). The summed E-state index contributed by atoms with van der Waals surface area (Å²) in [7, 11) is 0. The number of rotatable bonds is 5. The third kappa shape index (κ3) is 4.64. The van der Waals surface area contributed by atoms with Crippen LogP contribution in [0.3, 0.4) is 0 Å². The molecule has 0 atom stereocenters. The van der Waals surface area contributed by atoms with E-state index in [0.29, 0.717) is 11.0 Å². The zero-order chi connectivity index (χ0) is 18.5. The van der Waals surface area contributed by atoms with Crippen molar-refractivity contribution >= 4 is 28.2 Å². The van der Waals surface area contributed by atoms with Gasteiger partial charge in [-0.1, -0.05) is 37.3 Å². The molecule has 26 heavy (non-hydrogen) atoms. The first-order valence-corrected chi connectivity index (χ1v) is 9.24. The quantitative estimate of drug-likeness (QED) is 0.682. The molecule has 2 heterocycles. The molecule has 3 aromatic rings. The Balaban J connectivity index is 1.61. The number of carbonyl (C=O) groups is 1. The molecule has 2 N–H and O–H groups in total. The molecule has 7 heteroatoms. The molecule has 0 fully saturated rings. The number of urea groups is 1. The number of amides is 2. The first kappa shape index (κ1) is 18.0. The van der Waals surface area contributed by atoms with Gasteiger partial charge in [0.25, 0.3) is 0 Å². The summed E-state index contributed by atoms with van der Waals surface area (Å²) in [4.78, 5) is 16.2. The Hall–Kier alpha value is -2.80. The number of nitrogens with one attached hydrogen (secondary N) is 2. The molecule has 6 nitrogen and oxygen atoms in total. The Morgan fingerprint density at radius 1 is 1.12 bits per heavy atom. The first-order chi connectivity index (χ1) is 12.5. The molecule has 0 bridgehead atoms. The highest BCUT2D eigenvalue weighted by Crippen LogP contribution is 2.28. The molecular weight excluding hydrogens is 346 g/mol. The Morgan fingerprint density at radius 3 is 2.58 bits per heavy atom. The van der Waals surface area contributed by atoms with E-state index in [0.717, 1.165) is 28.2 Å². The molecule has 134 valence electrons. The number of nitrogens with zero attached hydrogens (tertiary/aromatic N) is 3. The topological polar surface area (TPSA) is 79.8 Å². The number of pyridine rings is 1. The van der Waals surface area contributed by atoms with Gasteiger partial charge in [0.15, 0.2) is 0 Å². The lowest BCUT2D eigenvalue weighted by Crippen LogP contribution is -2.19. The molecule has 3 rings (SSSR count). The highest BCUT2D eigenvalue weighted by Gasteiger charge is 2.11. The lowest BCUT2D eigenvalue weighted by molar-refractivity contribution is 0.262. The highest BCUT2D eigenvalue weighted by atomic mass is 32.1. The van der Waals surface area contributed by atoms with Gasteiger partial charge in [0.2, 0.25) is 5.13 Å². The van der Waals surface area contributed by atoms with Crippen LogP contribution in [0.4, 0.5) is 15.6 Å². The van der Waals surface area contributed by atoms with E-state index >= 15 is 0 Å². The Kier molecular flexibility index (Phi) is 5.58. The third-order valence-electron chi connectivity index (χ3n) is 3.75. The molecule has 0 unspecified atom stereocenters. The van der Waals surface area contributed by atoms with Crippen molar-refractivity contribution in [1.82, 2.24) is 15.2 Å². The van der Waals surface area contributed by atoms with Crippen LogP contribution in [-0.2, 0) is 6.42 Å². The third-order valence-corrected chi connectivity index (χ3v) is 4.62. The van der Waals surface area contributed by atoms with Gasteiger partial charge in [0, 0.05) is 23.6 Å². The van der Waals surface area contributed by atoms with Gasteiger partial charge < -0.3 is 5.32 Å². The van der Waals surface area contributed by atoms with E-state index in [4.69, 9.17) is 0 Å². The Bertz CT molecular complexity index is 889. The summed E-state index contributed by atoms with van der Waals surface area (Å²) in [5, 5.41) is 14.9. The predicted molar refractivity (Wildman–Crippen MR) is 106 cm³/mol. The summed E-state index contributed by atoms with van der Waals surface area (Å²) in [6.45, 7) is 6.33. The van der Waals surface area contributed by atoms with Crippen molar-refractivity contribution in [3.8, 4) is 10.6 Å². The predicted octanol–water partition coefficient (Wildman–Crippen LogP) is 4.75. The van der Waals surface area contributed by atoms with Crippen molar-refractivity contribution in [2.45, 2.75) is 27.2 Å². The number of aromatic nitrogens is 3. The van der Waals surface area contributed by atoms with Crippen molar-refractivity contribution in [3.05, 3.63) is 53.9 Å². The van der Waals surface area contributed by atoms with Crippen LogP contribution in [0.2, 0.25) is 0 Å². The Morgan fingerprint density at radius 2 is 1.88 bits per heavy atom. The summed E-state index contributed by atoms with van der Waals surface area (Å²) in [5.74, 6) is 0.604. The van der Waals surface area contributed by atoms with Crippen LogP contribution in [0, 0.1) is 12.8 Å². The minimum absolute atomic E-state index is 0.337. The SMILES string of the molecule is Cc1cnccc1-c1nnc(NC(=O)Nc2ccc(CC(C)C)cc2)s1. The number of hydrogen-bond donors (Lipinski definition) is 2. The monoisotopic (exact) mass is 367 g/mol. The summed E-state index contributed by atoms with van der Waals surface area (Å²) in [5.41, 5.74) is 3.98. The lowest BCUT2D eigenvalue weighted by atomic mass is 10.0. The van der Waals surface area contributed by atoms with Gasteiger partial charge in [-0.3, -0.25) is 10.3 Å². The van der Waals surface area contributed by atoms with Gasteiger partial charge in [-0.2, -0.15) is 0 Å². The molecular formula is C19H21N5OS. The van der Waals surface area contributed by atoms with Crippen molar-refractivity contribution in [2.75, 3.05) is 10.6 Å². The number of benzene rings is 1. The number of anilines is 2. The van der Waals surface area contributed by atoms with Crippen LogP contribution in [0.25, 0.3) is 10.6 Å². The fourth-order valence-electron chi connectivity index (χ4n) is 2.55. The van der Waals surface area contributed by atoms with E-state index < -0.39 is 0 Å². The Labute approximate surface area is 156 Å². The maximum atomic E-state index is 12.2. The van der Waals surface area contributed by atoms with Gasteiger partial charge in [-0.15, -0.1) is 10.2 Å². The van der Waals surface area contributed by atoms with Crippen LogP contribution in [0.1, 0.15) is 25.0 Å². The maximum Gasteiger partial charge on any atom is 0.325 e. The van der Waals surface area contributed by atoms with Gasteiger partial charge >= 0.3 is 6.03 Å². The minimum Gasteiger partial charge on any atom is -0.308 e. The van der Waals surface area contributed by atoms with Crippen LogP contribution in [0.5, 0.6) is 0 Å². The summed E-state index contributed by atoms with van der Waals surface area (Å²) in [6.07, 6.45) is 4.51. The number of aryl methyl sites for hydroxylation is 1. The molecule has 0 saturated carbocycles. The second kappa shape index (κ2) is 8.05. The number of carbonyl (C=O) groups excluding carboxylic acids is 1. The zero-order valence-electron chi connectivity index (χ0n) is 15.0. The van der Waals surface area contributed by atoms with Crippen molar-refractivity contribution in [1.29, 1.82) is 0 Å². The van der Waals surface area contributed by atoms with E-state index in [1.165, 1.54) is 16.9 Å². The smallest absolute Gasteiger partial charge is 0.308 e. The van der Waals surface area contributed by atoms with Crippen LogP contribution in [-0.4, -0.2) is 21.2 Å². The largest absolute Gasteiger partial charge is 0.325 e. The van der Waals surface area contributed by atoms with E-state index in [2.05, 4.69) is 39.7 Å². The van der Waals surface area contributed by atoms with E-state index in [1.807, 2.05) is 37.3 Å². The molecule has 0 radical (unpaired) electrons. The summed E-state index contributed by atoms with van der Waals surface area (Å²) in [6, 6.07) is 9.43. The minimum atomic E-state index is -0.337. The normalized spacial score (nSPS) is 10.8. The van der Waals surface area contributed by atoms with Crippen molar-refractivity contribution in [2.24, 2.45) is 5.92 Å². The molecule has 1 aromatic carbocycles. The molecule has 2 aromatic heterocycles. The molecule has 0 saturated heterocycles. The van der Waals surface area contributed by atoms with Crippen LogP contribution >= 0.6 is 11.3 Å². The zero-order valence-corrected chi connectivity index (χ0v) is 15.8. The second-order valence-corrected chi connectivity index (χ2v) is 7.45.